The molecule has 2 aliphatic rings. The number of amides is 4. The van der Waals surface area contributed by atoms with Crippen LogP contribution in [0, 0.1) is 11.8 Å². The quantitative estimate of drug-likeness (QED) is 0.0935. The maximum absolute atomic E-state index is 14.1. The molecule has 8 rings (SSSR count). The van der Waals surface area contributed by atoms with Gasteiger partial charge in [-0.25, -0.2) is 19.6 Å². The predicted molar refractivity (Wildman–Crippen MR) is 248 cm³/mol. The predicted octanol–water partition coefficient (Wildman–Crippen LogP) is 9.03. The van der Waals surface area contributed by atoms with Crippen molar-refractivity contribution in [3.63, 3.8) is 0 Å². The Morgan fingerprint density at radius 1 is 0.734 bits per heavy atom. The molecule has 5 atom stereocenters. The summed E-state index contributed by atoms with van der Waals surface area (Å²) in [6.45, 7) is 8.67. The average molecular weight is 883 g/mol. The molecule has 2 aliphatic heterocycles. The normalized spacial score (nSPS) is 18.3. The second-order valence-corrected chi connectivity index (χ2v) is 18.3. The minimum Gasteiger partial charge on any atom is -0.453 e. The molecule has 0 spiro atoms. The molecule has 4 aromatic carbocycles. The summed E-state index contributed by atoms with van der Waals surface area (Å²) in [5.41, 5.74) is 6.82. The van der Waals surface area contributed by atoms with E-state index in [4.69, 9.17) is 19.4 Å². The zero-order chi connectivity index (χ0) is 45.1. The first-order valence-corrected chi connectivity index (χ1v) is 22.6. The molecule has 4 N–H and O–H groups in total. The van der Waals surface area contributed by atoms with Crippen LogP contribution in [0.2, 0.25) is 0 Å². The van der Waals surface area contributed by atoms with Gasteiger partial charge in [0.2, 0.25) is 11.8 Å². The number of thioether (sulfide) groups is 1. The molecular weight excluding hydrogens is 829 g/mol. The highest BCUT2D eigenvalue weighted by atomic mass is 32.2. The summed E-state index contributed by atoms with van der Waals surface area (Å²) in [7, 11) is 2.58. The molecule has 14 nitrogen and oxygen atoms in total. The monoisotopic (exact) mass is 882 g/mol. The van der Waals surface area contributed by atoms with Gasteiger partial charge >= 0.3 is 12.2 Å². The van der Waals surface area contributed by atoms with Crippen LogP contribution < -0.4 is 10.6 Å². The number of alkyl carbamates (subject to hydrolysis) is 2. The van der Waals surface area contributed by atoms with E-state index in [9.17, 15) is 19.2 Å². The van der Waals surface area contributed by atoms with Crippen LogP contribution in [0.25, 0.3) is 44.4 Å². The van der Waals surface area contributed by atoms with Gasteiger partial charge in [-0.2, -0.15) is 0 Å². The molecule has 64 heavy (non-hydrogen) atoms. The molecule has 2 aromatic heterocycles. The fourth-order valence-electron chi connectivity index (χ4n) is 8.58. The Labute approximate surface area is 376 Å². The number of rotatable bonds is 12. The first-order valence-electron chi connectivity index (χ1n) is 21.7. The van der Waals surface area contributed by atoms with Gasteiger partial charge in [0, 0.05) is 30.1 Å². The highest BCUT2D eigenvalue weighted by Gasteiger charge is 2.43. The van der Waals surface area contributed by atoms with Gasteiger partial charge in [-0.05, 0) is 69.8 Å². The van der Waals surface area contributed by atoms with Crippen LogP contribution >= 0.6 is 11.8 Å². The zero-order valence-electron chi connectivity index (χ0n) is 36.8. The fourth-order valence-corrected chi connectivity index (χ4v) is 10.0. The number of ether oxygens (including phenoxy) is 2. The number of methoxy groups -OCH3 is 2. The van der Waals surface area contributed by atoms with E-state index >= 15 is 0 Å². The Hall–Kier alpha value is -6.61. The van der Waals surface area contributed by atoms with Crippen LogP contribution in [0.1, 0.15) is 74.4 Å². The summed E-state index contributed by atoms with van der Waals surface area (Å²) in [6.07, 6.45) is 4.05. The van der Waals surface area contributed by atoms with E-state index in [1.165, 1.54) is 14.2 Å². The largest absolute Gasteiger partial charge is 0.453 e. The molecule has 0 radical (unpaired) electrons. The van der Waals surface area contributed by atoms with E-state index < -0.39 is 29.6 Å². The van der Waals surface area contributed by atoms with Crippen molar-refractivity contribution in [3.8, 4) is 33.6 Å². The minimum absolute atomic E-state index is 0.0232. The van der Waals surface area contributed by atoms with Crippen LogP contribution in [0.15, 0.2) is 103 Å². The number of benzene rings is 4. The number of carbonyl (C=O) groups excluding carboxylic acids is 4. The number of carbonyl (C=O) groups is 4. The summed E-state index contributed by atoms with van der Waals surface area (Å²) in [4.78, 5) is 72.2. The van der Waals surface area contributed by atoms with Crippen LogP contribution in [0.3, 0.4) is 0 Å². The Morgan fingerprint density at radius 2 is 1.33 bits per heavy atom. The van der Waals surface area contributed by atoms with Gasteiger partial charge < -0.3 is 39.9 Å². The number of aromatic nitrogens is 4. The molecule has 0 saturated carbocycles. The van der Waals surface area contributed by atoms with Gasteiger partial charge in [-0.1, -0.05) is 107 Å². The SMILES string of the molecule is COC(=O)N[C@H](C(=O)N1CCC[C@H]1c1nc(-c2ccc3cc(-c4ccc(-c5cnc([C@@H]6S[C@@H](c7ccccc7)CN6C(=O)[C@@H](NC(=O)OC)C(C)C)[nH]5)cc4)ccc3c2)c[nH]1)C(C)C. The molecule has 4 amide bonds. The van der Waals surface area contributed by atoms with Crippen LogP contribution in [0.5, 0.6) is 0 Å². The fraction of sp³-hybridized carbons (Fsp3) is 0.347. The summed E-state index contributed by atoms with van der Waals surface area (Å²) in [5, 5.41) is 7.25. The van der Waals surface area contributed by atoms with Gasteiger partial charge in [0.1, 0.15) is 29.1 Å². The van der Waals surface area contributed by atoms with Crippen LogP contribution in [0.4, 0.5) is 9.59 Å². The second-order valence-electron chi connectivity index (χ2n) is 17.0. The molecule has 2 saturated heterocycles. The van der Waals surface area contributed by atoms with Crippen molar-refractivity contribution in [2.75, 3.05) is 27.3 Å². The van der Waals surface area contributed by atoms with Gasteiger partial charge in [-0.3, -0.25) is 9.59 Å². The second kappa shape index (κ2) is 19.0. The van der Waals surface area contributed by atoms with Crippen LogP contribution in [-0.2, 0) is 19.1 Å². The van der Waals surface area contributed by atoms with Crippen molar-refractivity contribution in [2.45, 2.75) is 69.3 Å². The molecule has 0 bridgehead atoms. The van der Waals surface area contributed by atoms with E-state index in [1.54, 1.807) is 11.8 Å². The number of hydrogen-bond donors (Lipinski definition) is 4. The van der Waals surface area contributed by atoms with Gasteiger partial charge in [0.25, 0.3) is 0 Å². The molecule has 6 aromatic rings. The number of H-pyrrole nitrogens is 2. The molecule has 4 heterocycles. The van der Waals surface area contributed by atoms with Crippen molar-refractivity contribution in [3.05, 3.63) is 121 Å². The lowest BCUT2D eigenvalue weighted by atomic mass is 9.98. The Morgan fingerprint density at radius 3 is 1.97 bits per heavy atom. The number of fused-ring (bicyclic) bond motifs is 1. The number of imidazole rings is 2. The average Bonchev–Trinajstić information content (AvgIpc) is 4.16. The summed E-state index contributed by atoms with van der Waals surface area (Å²) < 4.78 is 9.62. The summed E-state index contributed by atoms with van der Waals surface area (Å²) in [6, 6.07) is 29.5. The lowest BCUT2D eigenvalue weighted by Crippen LogP contribution is -2.51. The number of aromatic amines is 2. The molecular formula is C49H54N8O6S. The zero-order valence-corrected chi connectivity index (χ0v) is 37.6. The van der Waals surface area contributed by atoms with Crippen LogP contribution in [-0.4, -0.2) is 93.1 Å². The third-order valence-electron chi connectivity index (χ3n) is 12.1. The van der Waals surface area contributed by atoms with Crippen molar-refractivity contribution in [1.29, 1.82) is 0 Å². The number of nitrogens with zero attached hydrogens (tertiary/aromatic N) is 4. The van der Waals surface area contributed by atoms with Crippen molar-refractivity contribution >= 4 is 46.5 Å². The first kappa shape index (κ1) is 44.0. The molecule has 0 aliphatic carbocycles. The first-order chi connectivity index (χ1) is 30.9. The van der Waals surface area contributed by atoms with Gasteiger partial charge in [-0.15, -0.1) is 11.8 Å². The number of hydrogen-bond acceptors (Lipinski definition) is 9. The standard InChI is InChI=1S/C49H54N8O6S/c1-28(2)41(54-48(60)62-5)45(58)56-22-10-13-39(56)43-50-26-38(52-43)36-21-20-34-23-33(18-19-35(34)24-36)30-14-16-31(17-15-30)37-25-51-44(53-37)47-57(27-40(64-47)32-11-8-7-9-12-32)46(59)42(29(3)4)55-49(61)63-6/h7-9,11-12,14-21,23-26,28-29,39-42,47H,10,13,22,27H2,1-6H3,(H,50,52)(H,51,53)(H,54,60)(H,55,61)/t39-,40+,41-,42-,47-/m0/s1. The van der Waals surface area contributed by atoms with E-state index in [-0.39, 0.29) is 34.9 Å². The highest BCUT2D eigenvalue weighted by molar-refractivity contribution is 8.00. The van der Waals surface area contributed by atoms with Crippen molar-refractivity contribution in [1.82, 2.24) is 40.4 Å². The topological polar surface area (TPSA) is 175 Å². The Kier molecular flexibility index (Phi) is 13.1. The maximum Gasteiger partial charge on any atom is 0.407 e. The van der Waals surface area contributed by atoms with E-state index in [2.05, 4.69) is 93.4 Å². The molecule has 15 heteroatoms. The van der Waals surface area contributed by atoms with Crippen molar-refractivity contribution < 1.29 is 28.7 Å². The van der Waals surface area contributed by atoms with Gasteiger partial charge in [0.15, 0.2) is 0 Å². The summed E-state index contributed by atoms with van der Waals surface area (Å²) in [5.74, 6) is 0.792. The maximum atomic E-state index is 14.1. The Bertz CT molecular complexity index is 2630. The molecule has 2 fully saturated rings. The lowest BCUT2D eigenvalue weighted by Gasteiger charge is -2.29. The van der Waals surface area contributed by atoms with Crippen molar-refractivity contribution in [2.24, 2.45) is 11.8 Å². The van der Waals surface area contributed by atoms with Gasteiger partial charge in [0.05, 0.1) is 37.8 Å². The molecule has 0 unspecified atom stereocenters. The third-order valence-corrected chi connectivity index (χ3v) is 13.6. The minimum atomic E-state index is -0.759. The third kappa shape index (κ3) is 9.21. The highest BCUT2D eigenvalue weighted by Crippen LogP contribution is 2.49. The number of likely N-dealkylation sites (tertiary alicyclic amines) is 1. The van der Waals surface area contributed by atoms with E-state index in [0.29, 0.717) is 18.9 Å². The Balaban J connectivity index is 0.968. The van der Waals surface area contributed by atoms with E-state index in [0.717, 1.165) is 68.6 Å². The number of nitrogens with one attached hydrogen (secondary N) is 4. The van der Waals surface area contributed by atoms with E-state index in [1.807, 2.05) is 68.1 Å². The molecule has 332 valence electrons. The lowest BCUT2D eigenvalue weighted by molar-refractivity contribution is -0.136. The smallest absolute Gasteiger partial charge is 0.407 e. The summed E-state index contributed by atoms with van der Waals surface area (Å²) >= 11 is 1.66.